The van der Waals surface area contributed by atoms with Crippen LogP contribution in [0.15, 0.2) is 18.2 Å². The van der Waals surface area contributed by atoms with E-state index in [1.807, 2.05) is 0 Å². The molecule has 1 aromatic carbocycles. The summed E-state index contributed by atoms with van der Waals surface area (Å²) >= 11 is 0. The van der Waals surface area contributed by atoms with Gasteiger partial charge in [-0.2, -0.15) is 0 Å². The van der Waals surface area contributed by atoms with Gasteiger partial charge >= 0.3 is 0 Å². The molecule has 0 aromatic heterocycles. The molecule has 0 unspecified atom stereocenters. The van der Waals surface area contributed by atoms with E-state index in [9.17, 15) is 14.0 Å². The number of benzene rings is 1. The first-order valence-electron chi connectivity index (χ1n) is 6.94. The van der Waals surface area contributed by atoms with Crippen molar-refractivity contribution in [2.75, 3.05) is 10.6 Å². The quantitative estimate of drug-likeness (QED) is 0.891. The van der Waals surface area contributed by atoms with E-state index in [-0.39, 0.29) is 23.4 Å². The third-order valence-electron chi connectivity index (χ3n) is 3.52. The number of rotatable bonds is 3. The van der Waals surface area contributed by atoms with Gasteiger partial charge in [0.1, 0.15) is 5.82 Å². The molecular weight excluding hydrogens is 259 g/mol. The van der Waals surface area contributed by atoms with E-state index in [1.54, 1.807) is 0 Å². The lowest BCUT2D eigenvalue weighted by Crippen LogP contribution is -2.25. The Hall–Kier alpha value is -1.91. The lowest BCUT2D eigenvalue weighted by molar-refractivity contribution is -0.120. The van der Waals surface area contributed by atoms with Gasteiger partial charge in [0, 0.05) is 18.5 Å². The Morgan fingerprint density at radius 1 is 1.15 bits per heavy atom. The maximum atomic E-state index is 13.7. The highest BCUT2D eigenvalue weighted by Gasteiger charge is 2.21. The van der Waals surface area contributed by atoms with Crippen LogP contribution < -0.4 is 10.6 Å². The second-order valence-corrected chi connectivity index (χ2v) is 5.20. The summed E-state index contributed by atoms with van der Waals surface area (Å²) < 4.78 is 13.7. The zero-order valence-corrected chi connectivity index (χ0v) is 11.5. The first-order valence-corrected chi connectivity index (χ1v) is 6.94. The van der Waals surface area contributed by atoms with Crippen LogP contribution in [0.5, 0.6) is 0 Å². The molecule has 1 aliphatic rings. The molecule has 0 atom stereocenters. The molecule has 0 bridgehead atoms. The van der Waals surface area contributed by atoms with Gasteiger partial charge in [-0.15, -0.1) is 0 Å². The van der Waals surface area contributed by atoms with E-state index in [2.05, 4.69) is 10.6 Å². The van der Waals surface area contributed by atoms with Crippen molar-refractivity contribution in [3.8, 4) is 0 Å². The molecule has 5 heteroatoms. The summed E-state index contributed by atoms with van der Waals surface area (Å²) in [4.78, 5) is 23.1. The molecule has 1 aromatic rings. The van der Waals surface area contributed by atoms with E-state index >= 15 is 0 Å². The van der Waals surface area contributed by atoms with Crippen LogP contribution in [0.1, 0.15) is 39.0 Å². The molecule has 108 valence electrons. The maximum absolute atomic E-state index is 13.7. The highest BCUT2D eigenvalue weighted by atomic mass is 19.1. The fraction of sp³-hybridized carbons (Fsp3) is 0.467. The molecule has 2 N–H and O–H groups in total. The van der Waals surface area contributed by atoms with Crippen molar-refractivity contribution in [1.82, 2.24) is 0 Å². The molecule has 1 fully saturated rings. The van der Waals surface area contributed by atoms with Crippen LogP contribution in [-0.2, 0) is 9.59 Å². The fourth-order valence-electron chi connectivity index (χ4n) is 2.50. The lowest BCUT2D eigenvalue weighted by atomic mass is 9.88. The number of carbonyl (C=O) groups is 2. The number of carbonyl (C=O) groups excluding carboxylic acids is 2. The minimum absolute atomic E-state index is 0.0347. The van der Waals surface area contributed by atoms with Crippen molar-refractivity contribution in [2.24, 2.45) is 5.92 Å². The van der Waals surface area contributed by atoms with Crippen LogP contribution in [0.2, 0.25) is 0 Å². The number of hydrogen-bond acceptors (Lipinski definition) is 2. The van der Waals surface area contributed by atoms with Gasteiger partial charge in [0.15, 0.2) is 0 Å². The Kier molecular flexibility index (Phi) is 4.71. The van der Waals surface area contributed by atoms with E-state index in [0.29, 0.717) is 5.69 Å². The highest BCUT2D eigenvalue weighted by molar-refractivity contribution is 5.94. The largest absolute Gasteiger partial charge is 0.326 e. The van der Waals surface area contributed by atoms with Crippen LogP contribution in [0.25, 0.3) is 0 Å². The van der Waals surface area contributed by atoms with Crippen LogP contribution in [0.3, 0.4) is 0 Å². The average Bonchev–Trinajstić information content (AvgIpc) is 2.43. The van der Waals surface area contributed by atoms with E-state index in [1.165, 1.54) is 25.1 Å². The number of halogens is 1. The van der Waals surface area contributed by atoms with Gasteiger partial charge in [-0.3, -0.25) is 9.59 Å². The second kappa shape index (κ2) is 6.50. The Morgan fingerprint density at radius 3 is 2.50 bits per heavy atom. The Bertz CT molecular complexity index is 511. The van der Waals surface area contributed by atoms with Crippen LogP contribution in [0, 0.1) is 11.7 Å². The van der Waals surface area contributed by atoms with Gasteiger partial charge < -0.3 is 10.6 Å². The Labute approximate surface area is 117 Å². The zero-order valence-electron chi connectivity index (χ0n) is 11.5. The fourth-order valence-corrected chi connectivity index (χ4v) is 2.50. The Balaban J connectivity index is 2.07. The van der Waals surface area contributed by atoms with E-state index < -0.39 is 5.82 Å². The smallest absolute Gasteiger partial charge is 0.227 e. The molecule has 4 nitrogen and oxygen atoms in total. The zero-order chi connectivity index (χ0) is 14.5. The number of nitrogens with one attached hydrogen (secondary N) is 2. The third-order valence-corrected chi connectivity index (χ3v) is 3.52. The van der Waals surface area contributed by atoms with Gasteiger partial charge in [0.2, 0.25) is 11.8 Å². The SMILES string of the molecule is CC(=O)Nc1ccc(F)c(NC(=O)C2CCCCC2)c1. The molecule has 0 heterocycles. The molecule has 0 radical (unpaired) electrons. The molecule has 2 rings (SSSR count). The minimum atomic E-state index is -0.497. The van der Waals surface area contributed by atoms with Gasteiger partial charge in [-0.05, 0) is 31.0 Å². The average molecular weight is 278 g/mol. The number of anilines is 2. The predicted molar refractivity (Wildman–Crippen MR) is 75.9 cm³/mol. The summed E-state index contributed by atoms with van der Waals surface area (Å²) in [5.41, 5.74) is 0.588. The van der Waals surface area contributed by atoms with Gasteiger partial charge in [-0.1, -0.05) is 19.3 Å². The van der Waals surface area contributed by atoms with Crippen LogP contribution in [-0.4, -0.2) is 11.8 Å². The van der Waals surface area contributed by atoms with Crippen molar-refractivity contribution in [1.29, 1.82) is 0 Å². The Morgan fingerprint density at radius 2 is 1.85 bits per heavy atom. The molecule has 2 amide bonds. The molecule has 1 aliphatic carbocycles. The lowest BCUT2D eigenvalue weighted by Gasteiger charge is -2.21. The number of hydrogen-bond donors (Lipinski definition) is 2. The standard InChI is InChI=1S/C15H19FN2O2/c1-10(19)17-12-7-8-13(16)14(9-12)18-15(20)11-5-3-2-4-6-11/h7-9,11H,2-6H2,1H3,(H,17,19)(H,18,20). The minimum Gasteiger partial charge on any atom is -0.326 e. The monoisotopic (exact) mass is 278 g/mol. The maximum Gasteiger partial charge on any atom is 0.227 e. The summed E-state index contributed by atoms with van der Waals surface area (Å²) in [6.07, 6.45) is 4.98. The molecular formula is C15H19FN2O2. The molecule has 0 saturated heterocycles. The first kappa shape index (κ1) is 14.5. The predicted octanol–water partition coefficient (Wildman–Crippen LogP) is 3.30. The van der Waals surface area contributed by atoms with Crippen LogP contribution >= 0.6 is 0 Å². The van der Waals surface area contributed by atoms with Crippen molar-refractivity contribution in [3.05, 3.63) is 24.0 Å². The van der Waals surface area contributed by atoms with Crippen molar-refractivity contribution in [2.45, 2.75) is 39.0 Å². The summed E-state index contributed by atoms with van der Waals surface area (Å²) in [7, 11) is 0. The first-order chi connectivity index (χ1) is 9.56. The second-order valence-electron chi connectivity index (χ2n) is 5.20. The van der Waals surface area contributed by atoms with Crippen LogP contribution in [0.4, 0.5) is 15.8 Å². The summed E-state index contributed by atoms with van der Waals surface area (Å²) in [5, 5.41) is 5.20. The molecule has 1 saturated carbocycles. The van der Waals surface area contributed by atoms with E-state index in [4.69, 9.17) is 0 Å². The van der Waals surface area contributed by atoms with Gasteiger partial charge in [0.05, 0.1) is 5.69 Å². The molecule has 20 heavy (non-hydrogen) atoms. The van der Waals surface area contributed by atoms with Gasteiger partial charge in [-0.25, -0.2) is 4.39 Å². The topological polar surface area (TPSA) is 58.2 Å². The van der Waals surface area contributed by atoms with Gasteiger partial charge in [0.25, 0.3) is 0 Å². The highest BCUT2D eigenvalue weighted by Crippen LogP contribution is 2.26. The summed E-state index contributed by atoms with van der Waals surface area (Å²) in [5.74, 6) is -0.902. The van der Waals surface area contributed by atoms with E-state index in [0.717, 1.165) is 32.1 Å². The number of amides is 2. The molecule has 0 spiro atoms. The van der Waals surface area contributed by atoms with Crippen molar-refractivity contribution < 1.29 is 14.0 Å². The van der Waals surface area contributed by atoms with Crippen molar-refractivity contribution >= 4 is 23.2 Å². The normalized spacial score (nSPS) is 15.7. The summed E-state index contributed by atoms with van der Waals surface area (Å²) in [6, 6.07) is 4.15. The molecule has 0 aliphatic heterocycles. The van der Waals surface area contributed by atoms with Crippen molar-refractivity contribution in [3.63, 3.8) is 0 Å². The summed E-state index contributed by atoms with van der Waals surface area (Å²) in [6.45, 7) is 1.38. The third kappa shape index (κ3) is 3.79.